The Bertz CT molecular complexity index is 562. The molecule has 1 heterocycles. The fourth-order valence-corrected chi connectivity index (χ4v) is 2.87. The summed E-state index contributed by atoms with van der Waals surface area (Å²) < 4.78 is 13.7. The molecule has 0 spiro atoms. The van der Waals surface area contributed by atoms with Crippen LogP contribution in [0.25, 0.3) is 0 Å². The van der Waals surface area contributed by atoms with E-state index in [1.54, 1.807) is 6.92 Å². The lowest BCUT2D eigenvalue weighted by Crippen LogP contribution is -2.29. The minimum Gasteiger partial charge on any atom is -0.449 e. The van der Waals surface area contributed by atoms with E-state index >= 15 is 0 Å². The highest BCUT2D eigenvalue weighted by Gasteiger charge is 2.43. The molecule has 0 aromatic rings. The van der Waals surface area contributed by atoms with E-state index in [9.17, 15) is 19.2 Å². The summed E-state index contributed by atoms with van der Waals surface area (Å²) in [5, 5.41) is 17.5. The predicted octanol–water partition coefficient (Wildman–Crippen LogP) is 1.72. The molecule has 3 unspecified atom stereocenters. The van der Waals surface area contributed by atoms with Crippen LogP contribution in [-0.4, -0.2) is 34.5 Å². The normalized spacial score (nSPS) is 28.3. The average Bonchev–Trinajstić information content (AvgIpc) is 2.71. The van der Waals surface area contributed by atoms with Crippen molar-refractivity contribution in [1.82, 2.24) is 0 Å². The van der Waals surface area contributed by atoms with Gasteiger partial charge < -0.3 is 24.4 Å². The smallest absolute Gasteiger partial charge is 0.449 e. The lowest BCUT2D eigenvalue weighted by Gasteiger charge is -2.30. The molecule has 1 fully saturated rings. The van der Waals surface area contributed by atoms with Gasteiger partial charge in [0.1, 0.15) is 0 Å². The molecule has 9 nitrogen and oxygen atoms in total. The second kappa shape index (κ2) is 6.04. The highest BCUT2D eigenvalue weighted by Crippen LogP contribution is 2.41. The molecule has 1 aliphatic carbocycles. The molecule has 1 aliphatic heterocycles. The first kappa shape index (κ1) is 15.8. The highest BCUT2D eigenvalue weighted by atomic mass is 16.7. The summed E-state index contributed by atoms with van der Waals surface area (Å²) >= 11 is 0. The summed E-state index contributed by atoms with van der Waals surface area (Å²) in [5.74, 6) is -3.08. The number of esters is 2. The second-order valence-electron chi connectivity index (χ2n) is 5.23. The summed E-state index contributed by atoms with van der Waals surface area (Å²) in [6.45, 7) is 1.62. The van der Waals surface area contributed by atoms with Gasteiger partial charge in [0, 0.05) is 12.3 Å². The van der Waals surface area contributed by atoms with Gasteiger partial charge in [0.05, 0.1) is 12.3 Å². The van der Waals surface area contributed by atoms with Crippen molar-refractivity contribution >= 4 is 24.2 Å². The predicted molar refractivity (Wildman–Crippen MR) is 66.3 cm³/mol. The summed E-state index contributed by atoms with van der Waals surface area (Å²) in [6, 6.07) is 0. The Morgan fingerprint density at radius 3 is 2.27 bits per heavy atom. The molecule has 120 valence electrons. The van der Waals surface area contributed by atoms with Crippen molar-refractivity contribution in [2.24, 2.45) is 17.8 Å². The van der Waals surface area contributed by atoms with Crippen LogP contribution in [0.2, 0.25) is 0 Å². The minimum absolute atomic E-state index is 0.0215. The number of carbonyl (C=O) groups excluding carboxylic acids is 2. The Hall–Kier alpha value is -2.58. The number of cyclic esters (lactones) is 2. The molecule has 0 aromatic heterocycles. The van der Waals surface area contributed by atoms with Crippen molar-refractivity contribution in [2.45, 2.75) is 26.2 Å². The van der Waals surface area contributed by atoms with E-state index in [-0.39, 0.29) is 30.3 Å². The van der Waals surface area contributed by atoms with Crippen molar-refractivity contribution in [1.29, 1.82) is 0 Å². The molecule has 22 heavy (non-hydrogen) atoms. The molecule has 0 amide bonds. The van der Waals surface area contributed by atoms with Gasteiger partial charge in [-0.05, 0) is 12.3 Å². The second-order valence-corrected chi connectivity index (χ2v) is 5.23. The Morgan fingerprint density at radius 1 is 1.14 bits per heavy atom. The van der Waals surface area contributed by atoms with E-state index in [0.29, 0.717) is 6.42 Å². The molecule has 9 heteroatoms. The Balaban J connectivity index is 2.25. The molecule has 0 aromatic carbocycles. The third-order valence-corrected chi connectivity index (χ3v) is 3.71. The maximum absolute atomic E-state index is 11.6. The standard InChI is InChI=1S/C13H14O9/c1-5-2-6(7-4-9(14)21-11(7)15)3-8(20-12(16)17)10(5)22-13(18)19/h5-7H,2-4H2,1H3,(H,16,17)(H,18,19). The topological polar surface area (TPSA) is 136 Å². The number of ether oxygens (including phenoxy) is 3. The van der Waals surface area contributed by atoms with Gasteiger partial charge in [-0.3, -0.25) is 9.59 Å². The van der Waals surface area contributed by atoms with Crippen LogP contribution in [0.15, 0.2) is 11.5 Å². The molecule has 3 atom stereocenters. The summed E-state index contributed by atoms with van der Waals surface area (Å²) in [4.78, 5) is 44.3. The number of rotatable bonds is 3. The molecule has 2 rings (SSSR count). The Kier molecular flexibility index (Phi) is 4.34. The number of hydrogen-bond donors (Lipinski definition) is 2. The van der Waals surface area contributed by atoms with Gasteiger partial charge in [0.15, 0.2) is 11.5 Å². The fourth-order valence-electron chi connectivity index (χ4n) is 2.87. The first-order valence-corrected chi connectivity index (χ1v) is 6.57. The van der Waals surface area contributed by atoms with Gasteiger partial charge >= 0.3 is 24.2 Å². The van der Waals surface area contributed by atoms with Crippen LogP contribution in [0.1, 0.15) is 26.2 Å². The van der Waals surface area contributed by atoms with Crippen LogP contribution in [0.5, 0.6) is 0 Å². The van der Waals surface area contributed by atoms with Gasteiger partial charge in [0.25, 0.3) is 0 Å². The summed E-state index contributed by atoms with van der Waals surface area (Å²) in [6.07, 6.45) is -2.94. The van der Waals surface area contributed by atoms with E-state index < -0.39 is 36.1 Å². The molecule has 0 saturated carbocycles. The van der Waals surface area contributed by atoms with Crippen LogP contribution in [-0.2, 0) is 23.8 Å². The third kappa shape index (κ3) is 3.35. The van der Waals surface area contributed by atoms with E-state index in [1.807, 2.05) is 0 Å². The van der Waals surface area contributed by atoms with Crippen molar-refractivity contribution < 1.29 is 43.6 Å². The summed E-state index contributed by atoms with van der Waals surface area (Å²) in [5.41, 5.74) is 0. The van der Waals surface area contributed by atoms with E-state index in [0.717, 1.165) is 0 Å². The fraction of sp³-hybridized carbons (Fsp3) is 0.538. The molecular formula is C13H14O9. The van der Waals surface area contributed by atoms with Crippen molar-refractivity contribution in [2.75, 3.05) is 0 Å². The van der Waals surface area contributed by atoms with Gasteiger partial charge in [-0.2, -0.15) is 0 Å². The largest absolute Gasteiger partial charge is 0.511 e. The van der Waals surface area contributed by atoms with Crippen LogP contribution < -0.4 is 0 Å². The monoisotopic (exact) mass is 314 g/mol. The number of hydrogen-bond acceptors (Lipinski definition) is 7. The maximum Gasteiger partial charge on any atom is 0.511 e. The third-order valence-electron chi connectivity index (χ3n) is 3.71. The maximum atomic E-state index is 11.6. The van der Waals surface area contributed by atoms with Crippen molar-refractivity contribution in [3.63, 3.8) is 0 Å². The lowest BCUT2D eigenvalue weighted by molar-refractivity contribution is -0.153. The van der Waals surface area contributed by atoms with Crippen LogP contribution in [0, 0.1) is 17.8 Å². The van der Waals surface area contributed by atoms with Gasteiger partial charge in [-0.15, -0.1) is 0 Å². The molecule has 2 N–H and O–H groups in total. The molecule has 0 radical (unpaired) electrons. The zero-order chi connectivity index (χ0) is 16.4. The summed E-state index contributed by atoms with van der Waals surface area (Å²) in [7, 11) is 0. The highest BCUT2D eigenvalue weighted by molar-refractivity contribution is 5.94. The molecular weight excluding hydrogens is 300 g/mol. The quantitative estimate of drug-likeness (QED) is 0.453. The zero-order valence-electron chi connectivity index (χ0n) is 11.6. The first-order chi connectivity index (χ1) is 10.3. The Labute approximate surface area is 124 Å². The molecule has 0 bridgehead atoms. The van der Waals surface area contributed by atoms with Gasteiger partial charge in [0.2, 0.25) is 0 Å². The SMILES string of the molecule is CC1CC(C2CC(=O)OC2=O)CC(OC(=O)O)=C1OC(=O)O. The van der Waals surface area contributed by atoms with Crippen LogP contribution in [0.4, 0.5) is 9.59 Å². The van der Waals surface area contributed by atoms with Crippen LogP contribution >= 0.6 is 0 Å². The van der Waals surface area contributed by atoms with Gasteiger partial charge in [-0.1, -0.05) is 6.92 Å². The van der Waals surface area contributed by atoms with E-state index in [4.69, 9.17) is 10.2 Å². The average molecular weight is 314 g/mol. The van der Waals surface area contributed by atoms with Gasteiger partial charge in [-0.25, -0.2) is 9.59 Å². The minimum atomic E-state index is -1.61. The zero-order valence-corrected chi connectivity index (χ0v) is 11.6. The number of allylic oxidation sites excluding steroid dienone is 2. The van der Waals surface area contributed by atoms with E-state index in [2.05, 4.69) is 14.2 Å². The molecule has 1 saturated heterocycles. The number of carbonyl (C=O) groups is 4. The Morgan fingerprint density at radius 2 is 1.77 bits per heavy atom. The van der Waals surface area contributed by atoms with E-state index in [1.165, 1.54) is 0 Å². The number of carboxylic acid groups (broad SMARTS) is 2. The van der Waals surface area contributed by atoms with Crippen LogP contribution in [0.3, 0.4) is 0 Å². The molecule has 2 aliphatic rings. The lowest BCUT2D eigenvalue weighted by atomic mass is 9.77. The first-order valence-electron chi connectivity index (χ1n) is 6.57. The van der Waals surface area contributed by atoms with Crippen molar-refractivity contribution in [3.8, 4) is 0 Å². The van der Waals surface area contributed by atoms with Crippen molar-refractivity contribution in [3.05, 3.63) is 11.5 Å².